The fourth-order valence-electron chi connectivity index (χ4n) is 2.97. The number of hydrogen-bond donors (Lipinski definition) is 7. The molecule has 4 unspecified atom stereocenters. The van der Waals surface area contributed by atoms with E-state index in [0.29, 0.717) is 25.1 Å². The SMILES string of the molecule is CSCCC(NC(=O)C1CCCN1)C(=O)NC(CO)C(=O)NC(CCC(N)=O)C(=O)O. The lowest BCUT2D eigenvalue weighted by Gasteiger charge is -2.24. The van der Waals surface area contributed by atoms with E-state index in [1.807, 2.05) is 6.26 Å². The molecule has 0 aliphatic carbocycles. The third kappa shape index (κ3) is 9.53. The van der Waals surface area contributed by atoms with Crippen molar-refractivity contribution >= 4 is 41.4 Å². The number of thioether (sulfide) groups is 1. The number of aliphatic hydroxyl groups excluding tert-OH is 1. The summed E-state index contributed by atoms with van der Waals surface area (Å²) >= 11 is 1.48. The molecule has 1 aliphatic heterocycles. The molecular formula is C18H31N5O7S. The highest BCUT2D eigenvalue weighted by molar-refractivity contribution is 7.98. The molecule has 0 aromatic carbocycles. The molecule has 0 saturated carbocycles. The molecule has 8 N–H and O–H groups in total. The first-order valence-corrected chi connectivity index (χ1v) is 11.3. The van der Waals surface area contributed by atoms with Crippen molar-refractivity contribution in [3.05, 3.63) is 0 Å². The molecule has 31 heavy (non-hydrogen) atoms. The number of nitrogens with one attached hydrogen (secondary N) is 4. The molecule has 0 aromatic rings. The summed E-state index contributed by atoms with van der Waals surface area (Å²) in [5.74, 6) is -3.45. The molecule has 12 nitrogen and oxygen atoms in total. The monoisotopic (exact) mass is 461 g/mol. The van der Waals surface area contributed by atoms with E-state index in [-0.39, 0.29) is 24.8 Å². The molecule has 176 valence electrons. The zero-order valence-electron chi connectivity index (χ0n) is 17.4. The van der Waals surface area contributed by atoms with Gasteiger partial charge < -0.3 is 37.2 Å². The first kappa shape index (κ1) is 26.7. The molecule has 1 rings (SSSR count). The lowest BCUT2D eigenvalue weighted by atomic mass is 10.1. The number of nitrogens with two attached hydrogens (primary N) is 1. The zero-order valence-corrected chi connectivity index (χ0v) is 18.2. The van der Waals surface area contributed by atoms with E-state index >= 15 is 0 Å². The second-order valence-electron chi connectivity index (χ2n) is 7.14. The summed E-state index contributed by atoms with van der Waals surface area (Å²) in [4.78, 5) is 59.6. The maximum absolute atomic E-state index is 12.7. The van der Waals surface area contributed by atoms with Crippen molar-refractivity contribution in [1.82, 2.24) is 21.3 Å². The maximum atomic E-state index is 12.7. The van der Waals surface area contributed by atoms with E-state index < -0.39 is 48.4 Å². The van der Waals surface area contributed by atoms with Crippen LogP contribution in [0, 0.1) is 0 Å². The molecule has 4 atom stereocenters. The number of carboxylic acid groups (broad SMARTS) is 1. The Labute approximate surface area is 184 Å². The number of amides is 4. The molecule has 0 spiro atoms. The van der Waals surface area contributed by atoms with Crippen LogP contribution < -0.4 is 27.0 Å². The number of aliphatic hydroxyl groups is 1. The standard InChI is InChI=1S/C18H31N5O7S/c1-31-8-6-11(21-15(26)10-3-2-7-20-10)16(27)23-13(9-24)17(28)22-12(18(29)30)4-5-14(19)25/h10-13,20,24H,2-9H2,1H3,(H2,19,25)(H,21,26)(H,22,28)(H,23,27)(H,29,30). The van der Waals surface area contributed by atoms with Crippen LogP contribution in [-0.2, 0) is 24.0 Å². The third-order valence-electron chi connectivity index (χ3n) is 4.73. The van der Waals surface area contributed by atoms with Gasteiger partial charge in [-0.15, -0.1) is 0 Å². The molecular weight excluding hydrogens is 430 g/mol. The Hall–Kier alpha value is -2.38. The van der Waals surface area contributed by atoms with Crippen molar-refractivity contribution in [2.45, 2.75) is 56.3 Å². The second kappa shape index (κ2) is 13.8. The van der Waals surface area contributed by atoms with Gasteiger partial charge in [0, 0.05) is 6.42 Å². The Balaban J connectivity index is 2.75. The Morgan fingerprint density at radius 1 is 1.06 bits per heavy atom. The summed E-state index contributed by atoms with van der Waals surface area (Å²) < 4.78 is 0. The summed E-state index contributed by atoms with van der Waals surface area (Å²) in [6.07, 6.45) is 3.17. The van der Waals surface area contributed by atoms with E-state index in [1.54, 1.807) is 0 Å². The summed E-state index contributed by atoms with van der Waals surface area (Å²) in [5.41, 5.74) is 5.00. The minimum Gasteiger partial charge on any atom is -0.480 e. The Morgan fingerprint density at radius 3 is 2.23 bits per heavy atom. The van der Waals surface area contributed by atoms with Crippen molar-refractivity contribution in [2.75, 3.05) is 25.2 Å². The fraction of sp³-hybridized carbons (Fsp3) is 0.722. The molecule has 1 heterocycles. The summed E-state index contributed by atoms with van der Waals surface area (Å²) in [7, 11) is 0. The minimum atomic E-state index is -1.43. The molecule has 0 aromatic heterocycles. The van der Waals surface area contributed by atoms with E-state index in [0.717, 1.165) is 6.42 Å². The number of carboxylic acids is 1. The van der Waals surface area contributed by atoms with Gasteiger partial charge in [0.1, 0.15) is 18.1 Å². The van der Waals surface area contributed by atoms with Gasteiger partial charge in [-0.05, 0) is 44.2 Å². The van der Waals surface area contributed by atoms with Crippen molar-refractivity contribution in [1.29, 1.82) is 0 Å². The topological polar surface area (TPSA) is 200 Å². The predicted molar refractivity (Wildman–Crippen MR) is 113 cm³/mol. The smallest absolute Gasteiger partial charge is 0.326 e. The van der Waals surface area contributed by atoms with Crippen LogP contribution in [0.2, 0.25) is 0 Å². The molecule has 13 heteroatoms. The Kier molecular flexibility index (Phi) is 11.9. The van der Waals surface area contributed by atoms with Crippen molar-refractivity contribution in [2.24, 2.45) is 5.73 Å². The number of primary amides is 1. The van der Waals surface area contributed by atoms with Gasteiger partial charge in [-0.1, -0.05) is 0 Å². The molecule has 4 amide bonds. The Morgan fingerprint density at radius 2 is 1.71 bits per heavy atom. The van der Waals surface area contributed by atoms with E-state index in [2.05, 4.69) is 21.3 Å². The number of carbonyl (C=O) groups excluding carboxylic acids is 4. The van der Waals surface area contributed by atoms with Crippen LogP contribution in [0.25, 0.3) is 0 Å². The Bertz CT molecular complexity index is 657. The van der Waals surface area contributed by atoms with Crippen molar-refractivity contribution in [3.8, 4) is 0 Å². The summed E-state index contributed by atoms with van der Waals surface area (Å²) in [6, 6.07) is -4.15. The lowest BCUT2D eigenvalue weighted by Crippen LogP contribution is -2.58. The average Bonchev–Trinajstić information content (AvgIpc) is 3.26. The van der Waals surface area contributed by atoms with Gasteiger partial charge in [0.15, 0.2) is 0 Å². The third-order valence-corrected chi connectivity index (χ3v) is 5.37. The fourth-order valence-corrected chi connectivity index (χ4v) is 3.44. The quantitative estimate of drug-likeness (QED) is 0.144. The second-order valence-corrected chi connectivity index (χ2v) is 8.13. The maximum Gasteiger partial charge on any atom is 0.326 e. The zero-order chi connectivity index (χ0) is 23.4. The molecule has 0 bridgehead atoms. The van der Waals surface area contributed by atoms with E-state index in [4.69, 9.17) is 5.73 Å². The van der Waals surface area contributed by atoms with Crippen molar-refractivity contribution < 1.29 is 34.2 Å². The largest absolute Gasteiger partial charge is 0.480 e. The van der Waals surface area contributed by atoms with Crippen molar-refractivity contribution in [3.63, 3.8) is 0 Å². The van der Waals surface area contributed by atoms with Gasteiger partial charge in [0.05, 0.1) is 12.6 Å². The van der Waals surface area contributed by atoms with E-state index in [1.165, 1.54) is 11.8 Å². The number of aliphatic carboxylic acids is 1. The molecule has 1 aliphatic rings. The van der Waals surface area contributed by atoms with Crippen LogP contribution in [0.15, 0.2) is 0 Å². The lowest BCUT2D eigenvalue weighted by molar-refractivity contribution is -0.143. The van der Waals surface area contributed by atoms with Gasteiger partial charge in [-0.3, -0.25) is 19.2 Å². The van der Waals surface area contributed by atoms with Gasteiger partial charge in [-0.2, -0.15) is 11.8 Å². The number of carbonyl (C=O) groups is 5. The molecule has 0 radical (unpaired) electrons. The average molecular weight is 462 g/mol. The number of hydrogen-bond acceptors (Lipinski definition) is 8. The molecule has 1 saturated heterocycles. The van der Waals surface area contributed by atoms with Crippen LogP contribution in [0.5, 0.6) is 0 Å². The minimum absolute atomic E-state index is 0.233. The highest BCUT2D eigenvalue weighted by Crippen LogP contribution is 2.07. The highest BCUT2D eigenvalue weighted by Gasteiger charge is 2.31. The first-order valence-electron chi connectivity index (χ1n) is 9.95. The van der Waals surface area contributed by atoms with Gasteiger partial charge in [-0.25, -0.2) is 4.79 Å². The number of rotatable bonds is 14. The first-order chi connectivity index (χ1) is 14.7. The van der Waals surface area contributed by atoms with Crippen LogP contribution in [0.4, 0.5) is 0 Å². The predicted octanol–water partition coefficient (Wildman–Crippen LogP) is -2.71. The van der Waals surface area contributed by atoms with Gasteiger partial charge in [0.25, 0.3) is 0 Å². The van der Waals surface area contributed by atoms with E-state index in [9.17, 15) is 34.2 Å². The van der Waals surface area contributed by atoms with Gasteiger partial charge in [0.2, 0.25) is 23.6 Å². The van der Waals surface area contributed by atoms with Gasteiger partial charge >= 0.3 is 5.97 Å². The normalized spacial score (nSPS) is 18.5. The van der Waals surface area contributed by atoms with Crippen LogP contribution >= 0.6 is 11.8 Å². The summed E-state index contributed by atoms with van der Waals surface area (Å²) in [6.45, 7) is -0.0693. The van der Waals surface area contributed by atoms with Crippen LogP contribution in [-0.4, -0.2) is 89.1 Å². The molecule has 1 fully saturated rings. The van der Waals surface area contributed by atoms with Crippen LogP contribution in [0.3, 0.4) is 0 Å². The summed E-state index contributed by atoms with van der Waals surface area (Å²) in [5, 5.41) is 28.9. The highest BCUT2D eigenvalue weighted by atomic mass is 32.2. The van der Waals surface area contributed by atoms with Crippen LogP contribution in [0.1, 0.15) is 32.1 Å².